The highest BCUT2D eigenvalue weighted by atomic mass is 32.1. The molecule has 1 aromatic rings. The van der Waals surface area contributed by atoms with Gasteiger partial charge < -0.3 is 5.73 Å². The van der Waals surface area contributed by atoms with Crippen molar-refractivity contribution in [2.75, 3.05) is 0 Å². The summed E-state index contributed by atoms with van der Waals surface area (Å²) in [5.74, 6) is 0.166. The summed E-state index contributed by atoms with van der Waals surface area (Å²) in [6.07, 6.45) is 9.27. The third kappa shape index (κ3) is 5.74. The molecule has 0 saturated carbocycles. The smallest absolute Gasteiger partial charge is 0.182 e. The summed E-state index contributed by atoms with van der Waals surface area (Å²) in [7, 11) is 0. The third-order valence-corrected chi connectivity index (χ3v) is 3.89. The Labute approximate surface area is 114 Å². The van der Waals surface area contributed by atoms with E-state index in [2.05, 4.69) is 11.9 Å². The number of nitrogens with zero attached hydrogens (tertiary/aromatic N) is 1. The Morgan fingerprint density at radius 3 is 2.50 bits per heavy atom. The first kappa shape index (κ1) is 15.3. The van der Waals surface area contributed by atoms with E-state index in [0.717, 1.165) is 17.8 Å². The second-order valence-electron chi connectivity index (χ2n) is 4.63. The van der Waals surface area contributed by atoms with E-state index in [1.807, 2.05) is 5.38 Å². The summed E-state index contributed by atoms with van der Waals surface area (Å²) in [4.78, 5) is 16.0. The fourth-order valence-corrected chi connectivity index (χ4v) is 2.58. The van der Waals surface area contributed by atoms with Crippen LogP contribution in [0.15, 0.2) is 5.38 Å². The van der Waals surface area contributed by atoms with Gasteiger partial charge in [0.1, 0.15) is 10.7 Å². The van der Waals surface area contributed by atoms with Gasteiger partial charge in [0.15, 0.2) is 5.78 Å². The molecule has 102 valence electrons. The van der Waals surface area contributed by atoms with Crippen LogP contribution in [0.2, 0.25) is 0 Å². The second kappa shape index (κ2) is 9.22. The van der Waals surface area contributed by atoms with Crippen molar-refractivity contribution in [1.29, 1.82) is 0 Å². The largest absolute Gasteiger partial charge is 0.325 e. The van der Waals surface area contributed by atoms with Crippen LogP contribution in [0.5, 0.6) is 0 Å². The maximum atomic E-state index is 11.8. The standard InChI is InChI=1S/C14H24N2OS/c1-2-3-4-5-6-7-8-9-13(17)12-11-18-14(10-15)16-12/h11H,2-10,15H2,1H3. The molecule has 0 radical (unpaired) electrons. The van der Waals surface area contributed by atoms with E-state index in [9.17, 15) is 4.79 Å². The molecule has 0 saturated heterocycles. The molecular formula is C14H24N2OS. The number of hydrogen-bond donors (Lipinski definition) is 1. The Bertz CT molecular complexity index is 349. The molecule has 0 aromatic carbocycles. The van der Waals surface area contributed by atoms with Crippen LogP contribution >= 0.6 is 11.3 Å². The van der Waals surface area contributed by atoms with Crippen LogP contribution in [-0.2, 0) is 6.54 Å². The molecule has 0 spiro atoms. The molecule has 1 aromatic heterocycles. The summed E-state index contributed by atoms with van der Waals surface area (Å²) in [6.45, 7) is 2.65. The quantitative estimate of drug-likeness (QED) is 0.517. The number of Topliss-reactive ketones (excluding diaryl/α,β-unsaturated/α-hetero) is 1. The van der Waals surface area contributed by atoms with E-state index in [-0.39, 0.29) is 5.78 Å². The van der Waals surface area contributed by atoms with Crippen molar-refractivity contribution in [2.45, 2.75) is 64.8 Å². The van der Waals surface area contributed by atoms with Gasteiger partial charge in [-0.1, -0.05) is 45.4 Å². The maximum Gasteiger partial charge on any atom is 0.182 e. The van der Waals surface area contributed by atoms with Gasteiger partial charge in [0.25, 0.3) is 0 Å². The highest BCUT2D eigenvalue weighted by Gasteiger charge is 2.09. The molecule has 4 heteroatoms. The number of thiazole rings is 1. The number of hydrogen-bond acceptors (Lipinski definition) is 4. The number of aromatic nitrogens is 1. The van der Waals surface area contributed by atoms with Gasteiger partial charge in [-0.05, 0) is 6.42 Å². The van der Waals surface area contributed by atoms with Crippen molar-refractivity contribution in [3.63, 3.8) is 0 Å². The number of nitrogens with two attached hydrogens (primary N) is 1. The Kier molecular flexibility index (Phi) is 7.85. The van der Waals surface area contributed by atoms with E-state index in [1.165, 1.54) is 43.4 Å². The number of carbonyl (C=O) groups is 1. The average molecular weight is 268 g/mol. The lowest BCUT2D eigenvalue weighted by Crippen LogP contribution is -2.01. The minimum absolute atomic E-state index is 0.166. The molecular weight excluding hydrogens is 244 g/mol. The summed E-state index contributed by atoms with van der Waals surface area (Å²) in [6, 6.07) is 0. The van der Waals surface area contributed by atoms with Crippen LogP contribution in [0.3, 0.4) is 0 Å². The van der Waals surface area contributed by atoms with E-state index < -0.39 is 0 Å². The van der Waals surface area contributed by atoms with Crippen molar-refractivity contribution >= 4 is 17.1 Å². The molecule has 1 heterocycles. The lowest BCUT2D eigenvalue weighted by Gasteiger charge is -2.00. The SMILES string of the molecule is CCCCCCCCCC(=O)c1csc(CN)n1. The van der Waals surface area contributed by atoms with Crippen molar-refractivity contribution in [3.8, 4) is 0 Å². The van der Waals surface area contributed by atoms with Crippen molar-refractivity contribution in [2.24, 2.45) is 5.73 Å². The summed E-state index contributed by atoms with van der Waals surface area (Å²) in [5, 5.41) is 2.67. The van der Waals surface area contributed by atoms with Gasteiger partial charge in [-0.2, -0.15) is 0 Å². The molecule has 0 fully saturated rings. The highest BCUT2D eigenvalue weighted by Crippen LogP contribution is 2.14. The molecule has 0 bridgehead atoms. The zero-order valence-electron chi connectivity index (χ0n) is 11.3. The van der Waals surface area contributed by atoms with Gasteiger partial charge in [0.05, 0.1) is 0 Å². The topological polar surface area (TPSA) is 56.0 Å². The molecule has 0 amide bonds. The zero-order chi connectivity index (χ0) is 13.2. The summed E-state index contributed by atoms with van der Waals surface area (Å²) < 4.78 is 0. The second-order valence-corrected chi connectivity index (χ2v) is 5.57. The van der Waals surface area contributed by atoms with Crippen molar-refractivity contribution in [1.82, 2.24) is 4.98 Å². The first-order valence-electron chi connectivity index (χ1n) is 6.95. The molecule has 0 unspecified atom stereocenters. The molecule has 1 rings (SSSR count). The molecule has 18 heavy (non-hydrogen) atoms. The predicted molar refractivity (Wildman–Crippen MR) is 76.9 cm³/mol. The fourth-order valence-electron chi connectivity index (χ4n) is 1.90. The van der Waals surface area contributed by atoms with Crippen LogP contribution in [-0.4, -0.2) is 10.8 Å². The Morgan fingerprint density at radius 1 is 1.22 bits per heavy atom. The lowest BCUT2D eigenvalue weighted by molar-refractivity contribution is 0.0975. The molecule has 3 nitrogen and oxygen atoms in total. The van der Waals surface area contributed by atoms with Gasteiger partial charge in [0, 0.05) is 18.3 Å². The highest BCUT2D eigenvalue weighted by molar-refractivity contribution is 7.09. The predicted octanol–water partition coefficient (Wildman–Crippen LogP) is 3.93. The van der Waals surface area contributed by atoms with Crippen LogP contribution in [0.1, 0.15) is 73.8 Å². The minimum atomic E-state index is 0.166. The first-order valence-corrected chi connectivity index (χ1v) is 7.83. The minimum Gasteiger partial charge on any atom is -0.325 e. The molecule has 0 aliphatic carbocycles. The maximum absolute atomic E-state index is 11.8. The van der Waals surface area contributed by atoms with Crippen LogP contribution in [0, 0.1) is 0 Å². The lowest BCUT2D eigenvalue weighted by atomic mass is 10.1. The first-order chi connectivity index (χ1) is 8.77. The average Bonchev–Trinajstić information content (AvgIpc) is 2.86. The number of unbranched alkanes of at least 4 members (excludes halogenated alkanes) is 6. The summed E-state index contributed by atoms with van der Waals surface area (Å²) in [5.41, 5.74) is 6.08. The Hall–Kier alpha value is -0.740. The van der Waals surface area contributed by atoms with Gasteiger partial charge in [0.2, 0.25) is 0 Å². The molecule has 0 atom stereocenters. The van der Waals surface area contributed by atoms with Crippen LogP contribution in [0.4, 0.5) is 0 Å². The van der Waals surface area contributed by atoms with Gasteiger partial charge in [-0.15, -0.1) is 11.3 Å². The summed E-state index contributed by atoms with van der Waals surface area (Å²) >= 11 is 1.47. The van der Waals surface area contributed by atoms with E-state index in [1.54, 1.807) is 0 Å². The van der Waals surface area contributed by atoms with Gasteiger partial charge in [-0.3, -0.25) is 4.79 Å². The van der Waals surface area contributed by atoms with Crippen LogP contribution < -0.4 is 5.73 Å². The number of carbonyl (C=O) groups excluding carboxylic acids is 1. The van der Waals surface area contributed by atoms with E-state index in [0.29, 0.717) is 18.7 Å². The number of ketones is 1. The Morgan fingerprint density at radius 2 is 1.89 bits per heavy atom. The molecule has 2 N–H and O–H groups in total. The van der Waals surface area contributed by atoms with E-state index >= 15 is 0 Å². The zero-order valence-corrected chi connectivity index (χ0v) is 12.1. The van der Waals surface area contributed by atoms with Crippen molar-refractivity contribution in [3.05, 3.63) is 16.1 Å². The Balaban J connectivity index is 2.10. The van der Waals surface area contributed by atoms with Crippen molar-refractivity contribution < 1.29 is 4.79 Å². The third-order valence-electron chi connectivity index (χ3n) is 3.02. The van der Waals surface area contributed by atoms with Gasteiger partial charge in [-0.25, -0.2) is 4.98 Å². The van der Waals surface area contributed by atoms with Crippen LogP contribution in [0.25, 0.3) is 0 Å². The molecule has 0 aliphatic heterocycles. The monoisotopic (exact) mass is 268 g/mol. The fraction of sp³-hybridized carbons (Fsp3) is 0.714. The number of rotatable bonds is 10. The van der Waals surface area contributed by atoms with E-state index in [4.69, 9.17) is 5.73 Å². The normalized spacial score (nSPS) is 10.8. The van der Waals surface area contributed by atoms with Gasteiger partial charge >= 0.3 is 0 Å². The molecule has 0 aliphatic rings.